The van der Waals surface area contributed by atoms with Gasteiger partial charge in [-0.2, -0.15) is 0 Å². The summed E-state index contributed by atoms with van der Waals surface area (Å²) in [6, 6.07) is 0. The Hall–Kier alpha value is -2.16. The SMILES string of the molecule is CCCCCCCCCCCCCOC(=O)C(CC(=O)OC1CC(C)(C)NC(C)(C)C1)C(CC(=O)O)C(=O)O. The number of rotatable bonds is 20. The second-order valence-electron chi connectivity index (χ2n) is 12.5. The van der Waals surface area contributed by atoms with E-state index in [1.54, 1.807) is 0 Å². The minimum Gasteiger partial charge on any atom is -0.481 e. The van der Waals surface area contributed by atoms with Crippen molar-refractivity contribution in [3.8, 4) is 0 Å². The zero-order valence-electron chi connectivity index (χ0n) is 24.9. The molecule has 2 unspecified atom stereocenters. The number of piperidine rings is 1. The molecule has 0 bridgehead atoms. The standard InChI is InChI=1S/C30H53NO8/c1-6-7-8-9-10-11-12-13-14-15-16-17-38-28(37)24(23(27(35)36)18-25(32)33)19-26(34)39-22-20-29(2,3)31-30(4,5)21-22/h22-24,31H,6-21H2,1-5H3,(H,32,33)(H,35,36). The van der Waals surface area contributed by atoms with Crippen molar-refractivity contribution >= 4 is 23.9 Å². The van der Waals surface area contributed by atoms with Crippen molar-refractivity contribution in [2.24, 2.45) is 11.8 Å². The summed E-state index contributed by atoms with van der Waals surface area (Å²) < 4.78 is 11.0. The van der Waals surface area contributed by atoms with Crippen LogP contribution >= 0.6 is 0 Å². The average molecular weight is 556 g/mol. The number of hydrogen-bond donors (Lipinski definition) is 3. The number of esters is 2. The van der Waals surface area contributed by atoms with Gasteiger partial charge in [-0.15, -0.1) is 0 Å². The van der Waals surface area contributed by atoms with Crippen LogP contribution < -0.4 is 5.32 Å². The van der Waals surface area contributed by atoms with E-state index in [2.05, 4.69) is 12.2 Å². The van der Waals surface area contributed by atoms with Gasteiger partial charge in [0.25, 0.3) is 0 Å². The summed E-state index contributed by atoms with van der Waals surface area (Å²) in [6.45, 7) is 10.4. The van der Waals surface area contributed by atoms with Gasteiger partial charge in [0.1, 0.15) is 6.10 Å². The molecule has 1 aliphatic heterocycles. The largest absolute Gasteiger partial charge is 0.481 e. The Bertz CT molecular complexity index is 763. The highest BCUT2D eigenvalue weighted by Crippen LogP contribution is 2.31. The number of carbonyl (C=O) groups excluding carboxylic acids is 2. The lowest BCUT2D eigenvalue weighted by Gasteiger charge is -2.46. The average Bonchev–Trinajstić information content (AvgIpc) is 2.79. The highest BCUT2D eigenvalue weighted by atomic mass is 16.5. The van der Waals surface area contributed by atoms with Gasteiger partial charge in [0.15, 0.2) is 0 Å². The predicted molar refractivity (Wildman–Crippen MR) is 149 cm³/mol. The van der Waals surface area contributed by atoms with E-state index in [4.69, 9.17) is 9.47 Å². The first-order valence-electron chi connectivity index (χ1n) is 14.9. The number of nitrogens with one attached hydrogen (secondary N) is 1. The predicted octanol–water partition coefficient (Wildman–Crippen LogP) is 5.87. The van der Waals surface area contributed by atoms with Crippen molar-refractivity contribution in [2.45, 2.75) is 148 Å². The van der Waals surface area contributed by atoms with Crippen LogP contribution in [-0.4, -0.2) is 57.9 Å². The summed E-state index contributed by atoms with van der Waals surface area (Å²) >= 11 is 0. The fourth-order valence-corrected chi connectivity index (χ4v) is 5.75. The van der Waals surface area contributed by atoms with Crippen molar-refractivity contribution in [1.29, 1.82) is 0 Å². The van der Waals surface area contributed by atoms with Crippen molar-refractivity contribution < 1.29 is 38.9 Å². The minimum absolute atomic E-state index is 0.109. The third kappa shape index (κ3) is 15.3. The lowest BCUT2D eigenvalue weighted by molar-refractivity contribution is -0.167. The first kappa shape index (κ1) is 34.9. The van der Waals surface area contributed by atoms with Crippen LogP contribution in [-0.2, 0) is 28.7 Å². The molecule has 1 fully saturated rings. The zero-order chi connectivity index (χ0) is 29.5. The fourth-order valence-electron chi connectivity index (χ4n) is 5.75. The van der Waals surface area contributed by atoms with Crippen molar-refractivity contribution in [2.75, 3.05) is 6.61 Å². The van der Waals surface area contributed by atoms with Crippen LogP contribution in [0.15, 0.2) is 0 Å². The minimum atomic E-state index is -1.58. The molecular formula is C30H53NO8. The monoisotopic (exact) mass is 555 g/mol. The lowest BCUT2D eigenvalue weighted by Crippen LogP contribution is -2.59. The summed E-state index contributed by atoms with van der Waals surface area (Å²) in [7, 11) is 0. The number of aliphatic carboxylic acids is 2. The quantitative estimate of drug-likeness (QED) is 0.124. The van der Waals surface area contributed by atoms with Crippen molar-refractivity contribution in [3.05, 3.63) is 0 Å². The van der Waals surface area contributed by atoms with E-state index in [0.717, 1.165) is 19.3 Å². The molecule has 0 aromatic heterocycles. The van der Waals surface area contributed by atoms with Gasteiger partial charge in [-0.3, -0.25) is 19.2 Å². The molecule has 39 heavy (non-hydrogen) atoms. The highest BCUT2D eigenvalue weighted by molar-refractivity contribution is 5.87. The third-order valence-corrected chi connectivity index (χ3v) is 7.33. The third-order valence-electron chi connectivity index (χ3n) is 7.33. The van der Waals surface area contributed by atoms with Crippen LogP contribution in [0.25, 0.3) is 0 Å². The van der Waals surface area contributed by atoms with E-state index < -0.39 is 54.7 Å². The Morgan fingerprint density at radius 3 is 1.72 bits per heavy atom. The molecular weight excluding hydrogens is 502 g/mol. The lowest BCUT2D eigenvalue weighted by atomic mass is 9.81. The van der Waals surface area contributed by atoms with Gasteiger partial charge in [-0.1, -0.05) is 71.1 Å². The summed E-state index contributed by atoms with van der Waals surface area (Å²) in [5.74, 6) is -7.41. The van der Waals surface area contributed by atoms with Crippen LogP contribution in [0.3, 0.4) is 0 Å². The van der Waals surface area contributed by atoms with Gasteiger partial charge >= 0.3 is 23.9 Å². The number of carboxylic acids is 2. The normalized spacial score (nSPS) is 18.2. The Morgan fingerprint density at radius 2 is 1.26 bits per heavy atom. The number of carboxylic acid groups (broad SMARTS) is 2. The Morgan fingerprint density at radius 1 is 0.769 bits per heavy atom. The van der Waals surface area contributed by atoms with Gasteiger partial charge in [-0.05, 0) is 34.1 Å². The van der Waals surface area contributed by atoms with Gasteiger partial charge in [0.2, 0.25) is 0 Å². The molecule has 1 rings (SSSR count). The van der Waals surface area contributed by atoms with Gasteiger partial charge in [0.05, 0.1) is 31.3 Å². The smallest absolute Gasteiger partial charge is 0.310 e. The Labute approximate surface area is 234 Å². The van der Waals surface area contributed by atoms with Crippen LogP contribution in [0.4, 0.5) is 0 Å². The molecule has 9 nitrogen and oxygen atoms in total. The van der Waals surface area contributed by atoms with E-state index in [-0.39, 0.29) is 17.7 Å². The topological polar surface area (TPSA) is 139 Å². The van der Waals surface area contributed by atoms with Crippen LogP contribution in [0.2, 0.25) is 0 Å². The van der Waals surface area contributed by atoms with Crippen LogP contribution in [0.1, 0.15) is 131 Å². The molecule has 3 N–H and O–H groups in total. The highest BCUT2D eigenvalue weighted by Gasteiger charge is 2.42. The first-order valence-corrected chi connectivity index (χ1v) is 14.9. The van der Waals surface area contributed by atoms with E-state index in [0.29, 0.717) is 19.3 Å². The van der Waals surface area contributed by atoms with Crippen LogP contribution in [0.5, 0.6) is 0 Å². The molecule has 0 aromatic rings. The molecule has 1 heterocycles. The van der Waals surface area contributed by atoms with Crippen LogP contribution in [0, 0.1) is 11.8 Å². The molecule has 0 aromatic carbocycles. The second-order valence-corrected chi connectivity index (χ2v) is 12.5. The molecule has 1 aliphatic rings. The van der Waals surface area contributed by atoms with E-state index in [9.17, 15) is 29.4 Å². The molecule has 1 saturated heterocycles. The number of ether oxygens (including phenoxy) is 2. The van der Waals surface area contributed by atoms with E-state index in [1.807, 2.05) is 27.7 Å². The maximum atomic E-state index is 12.9. The Kier molecular flexibility index (Phi) is 15.7. The molecule has 9 heteroatoms. The first-order chi connectivity index (χ1) is 18.3. The van der Waals surface area contributed by atoms with E-state index in [1.165, 1.54) is 44.9 Å². The fraction of sp³-hybridized carbons (Fsp3) is 0.867. The molecule has 0 radical (unpaired) electrons. The molecule has 2 atom stereocenters. The van der Waals surface area contributed by atoms with E-state index >= 15 is 0 Å². The number of unbranched alkanes of at least 4 members (excludes halogenated alkanes) is 10. The second kappa shape index (κ2) is 17.5. The zero-order valence-corrected chi connectivity index (χ0v) is 24.9. The summed E-state index contributed by atoms with van der Waals surface area (Å²) in [5.41, 5.74) is -0.543. The molecule has 0 spiro atoms. The summed E-state index contributed by atoms with van der Waals surface area (Å²) in [4.78, 5) is 48.9. The van der Waals surface area contributed by atoms with Crippen molar-refractivity contribution in [1.82, 2.24) is 5.32 Å². The number of carbonyl (C=O) groups is 4. The molecule has 0 aliphatic carbocycles. The maximum absolute atomic E-state index is 12.9. The summed E-state index contributed by atoms with van der Waals surface area (Å²) in [5, 5.41) is 22.4. The maximum Gasteiger partial charge on any atom is 0.310 e. The Balaban J connectivity index is 2.59. The number of hydrogen-bond acceptors (Lipinski definition) is 7. The van der Waals surface area contributed by atoms with Gasteiger partial charge < -0.3 is 25.0 Å². The van der Waals surface area contributed by atoms with Gasteiger partial charge in [0, 0.05) is 23.9 Å². The molecule has 0 saturated carbocycles. The molecule has 226 valence electrons. The molecule has 0 amide bonds. The van der Waals surface area contributed by atoms with Gasteiger partial charge in [-0.25, -0.2) is 0 Å². The van der Waals surface area contributed by atoms with Crippen molar-refractivity contribution in [3.63, 3.8) is 0 Å². The summed E-state index contributed by atoms with van der Waals surface area (Å²) in [6.07, 6.45) is 11.9.